The molecule has 3 heteroatoms. The first-order valence-corrected chi connectivity index (χ1v) is 3.92. The van der Waals surface area contributed by atoms with Crippen molar-refractivity contribution >= 4 is 11.6 Å². The summed E-state index contributed by atoms with van der Waals surface area (Å²) >= 11 is 5.72. The Kier molecular flexibility index (Phi) is 3.07. The highest BCUT2D eigenvalue weighted by atomic mass is 35.5. The average molecular weight is 184 g/mol. The smallest absolute Gasteiger partial charge is 0.124 e. The van der Waals surface area contributed by atoms with Crippen LogP contribution in [-0.2, 0) is 6.42 Å². The first kappa shape index (κ1) is 9.02. The van der Waals surface area contributed by atoms with E-state index in [9.17, 15) is 4.39 Å². The number of benzene rings is 1. The van der Waals surface area contributed by atoms with Gasteiger partial charge in [0.05, 0.1) is 6.07 Å². The molecule has 0 spiro atoms. The molecule has 1 nitrogen and oxygen atoms in total. The molecule has 0 N–H and O–H groups in total. The molecule has 0 fully saturated rings. The van der Waals surface area contributed by atoms with Gasteiger partial charge in [-0.05, 0) is 24.1 Å². The van der Waals surface area contributed by atoms with Crippen LogP contribution in [0.2, 0.25) is 5.02 Å². The van der Waals surface area contributed by atoms with Crippen molar-refractivity contribution in [3.8, 4) is 6.07 Å². The number of halogens is 2. The molecule has 0 radical (unpaired) electrons. The maximum atomic E-state index is 12.5. The standard InChI is InChI=1S/C9H7ClFN/c10-9-6-8(11)4-3-7(9)2-1-5-12/h3-4,6H,1-2H2. The molecule has 0 aromatic heterocycles. The van der Waals surface area contributed by atoms with E-state index >= 15 is 0 Å². The van der Waals surface area contributed by atoms with Gasteiger partial charge in [0.15, 0.2) is 0 Å². The number of hydrogen-bond donors (Lipinski definition) is 0. The Bertz CT molecular complexity index is 317. The van der Waals surface area contributed by atoms with Gasteiger partial charge in [-0.2, -0.15) is 5.26 Å². The summed E-state index contributed by atoms with van der Waals surface area (Å²) in [6, 6.07) is 6.22. The molecule has 0 saturated carbocycles. The molecule has 0 aliphatic carbocycles. The van der Waals surface area contributed by atoms with Crippen molar-refractivity contribution in [1.82, 2.24) is 0 Å². The molecule has 0 unspecified atom stereocenters. The first-order chi connectivity index (χ1) is 5.74. The van der Waals surface area contributed by atoms with Crippen LogP contribution in [0.25, 0.3) is 0 Å². The largest absolute Gasteiger partial charge is 0.207 e. The fourth-order valence-electron chi connectivity index (χ4n) is 0.915. The summed E-state index contributed by atoms with van der Waals surface area (Å²) in [7, 11) is 0. The van der Waals surface area contributed by atoms with E-state index in [-0.39, 0.29) is 5.82 Å². The Morgan fingerprint density at radius 2 is 2.25 bits per heavy atom. The Morgan fingerprint density at radius 1 is 1.50 bits per heavy atom. The lowest BCUT2D eigenvalue weighted by Crippen LogP contribution is -1.86. The van der Waals surface area contributed by atoms with Crippen molar-refractivity contribution in [3.63, 3.8) is 0 Å². The summed E-state index contributed by atoms with van der Waals surface area (Å²) in [4.78, 5) is 0. The van der Waals surface area contributed by atoms with Gasteiger partial charge in [0.25, 0.3) is 0 Å². The van der Waals surface area contributed by atoms with E-state index in [1.807, 2.05) is 6.07 Å². The molecule has 12 heavy (non-hydrogen) atoms. The maximum Gasteiger partial charge on any atom is 0.124 e. The zero-order chi connectivity index (χ0) is 8.97. The lowest BCUT2D eigenvalue weighted by atomic mass is 10.1. The number of rotatable bonds is 2. The van der Waals surface area contributed by atoms with Crippen LogP contribution in [0.5, 0.6) is 0 Å². The third-order valence-corrected chi connectivity index (χ3v) is 1.87. The van der Waals surface area contributed by atoms with Crippen LogP contribution in [0.3, 0.4) is 0 Å². The van der Waals surface area contributed by atoms with Crippen molar-refractivity contribution in [3.05, 3.63) is 34.6 Å². The van der Waals surface area contributed by atoms with Crippen LogP contribution in [0, 0.1) is 17.1 Å². The minimum absolute atomic E-state index is 0.347. The molecule has 1 aromatic carbocycles. The molecule has 0 bridgehead atoms. The van der Waals surface area contributed by atoms with Crippen molar-refractivity contribution in [2.24, 2.45) is 0 Å². The van der Waals surface area contributed by atoms with Gasteiger partial charge in [-0.15, -0.1) is 0 Å². The summed E-state index contributed by atoms with van der Waals surface area (Å²) in [6.07, 6.45) is 0.987. The van der Waals surface area contributed by atoms with Gasteiger partial charge < -0.3 is 0 Å². The molecular formula is C9H7ClFN. The predicted octanol–water partition coefficient (Wildman–Crippen LogP) is 2.94. The highest BCUT2D eigenvalue weighted by Crippen LogP contribution is 2.18. The number of nitrogens with zero attached hydrogens (tertiary/aromatic N) is 1. The summed E-state index contributed by atoms with van der Waals surface area (Å²) < 4.78 is 12.5. The second-order valence-electron chi connectivity index (χ2n) is 2.39. The zero-order valence-corrected chi connectivity index (χ0v) is 7.11. The summed E-state index contributed by atoms with van der Waals surface area (Å²) in [5.74, 6) is -0.347. The van der Waals surface area contributed by atoms with Crippen LogP contribution in [0.4, 0.5) is 4.39 Å². The number of nitriles is 1. The van der Waals surface area contributed by atoms with Crippen LogP contribution in [0.15, 0.2) is 18.2 Å². The zero-order valence-electron chi connectivity index (χ0n) is 6.35. The van der Waals surface area contributed by atoms with Crippen LogP contribution < -0.4 is 0 Å². The van der Waals surface area contributed by atoms with E-state index in [1.165, 1.54) is 12.1 Å². The van der Waals surface area contributed by atoms with Gasteiger partial charge in [-0.1, -0.05) is 17.7 Å². The van der Waals surface area contributed by atoms with Crippen LogP contribution >= 0.6 is 11.6 Å². The highest BCUT2D eigenvalue weighted by Gasteiger charge is 2.00. The Morgan fingerprint density at radius 3 is 2.83 bits per heavy atom. The average Bonchev–Trinajstić information content (AvgIpc) is 2.03. The maximum absolute atomic E-state index is 12.5. The summed E-state index contributed by atoms with van der Waals surface area (Å²) in [5.41, 5.74) is 0.819. The van der Waals surface area contributed by atoms with Crippen molar-refractivity contribution in [2.45, 2.75) is 12.8 Å². The number of hydrogen-bond acceptors (Lipinski definition) is 1. The monoisotopic (exact) mass is 183 g/mol. The van der Waals surface area contributed by atoms with Gasteiger partial charge in [0, 0.05) is 11.4 Å². The second kappa shape index (κ2) is 4.08. The minimum Gasteiger partial charge on any atom is -0.207 e. The molecule has 0 aliphatic rings. The van der Waals surface area contributed by atoms with Crippen LogP contribution in [0.1, 0.15) is 12.0 Å². The molecule has 0 aliphatic heterocycles. The Balaban J connectivity index is 2.81. The third kappa shape index (κ3) is 2.21. The highest BCUT2D eigenvalue weighted by molar-refractivity contribution is 6.31. The Hall–Kier alpha value is -1.07. The van der Waals surface area contributed by atoms with Crippen molar-refractivity contribution in [1.29, 1.82) is 5.26 Å². The first-order valence-electron chi connectivity index (χ1n) is 3.55. The van der Waals surface area contributed by atoms with E-state index in [4.69, 9.17) is 16.9 Å². The van der Waals surface area contributed by atoms with Crippen molar-refractivity contribution in [2.75, 3.05) is 0 Å². The molecule has 0 saturated heterocycles. The number of aryl methyl sites for hydroxylation is 1. The summed E-state index contributed by atoms with van der Waals surface area (Å²) in [6.45, 7) is 0. The normalized spacial score (nSPS) is 9.42. The third-order valence-electron chi connectivity index (χ3n) is 1.52. The van der Waals surface area contributed by atoms with Gasteiger partial charge in [-0.3, -0.25) is 0 Å². The molecule has 62 valence electrons. The summed E-state index contributed by atoms with van der Waals surface area (Å²) in [5, 5.41) is 8.70. The quantitative estimate of drug-likeness (QED) is 0.692. The van der Waals surface area contributed by atoms with Crippen LogP contribution in [-0.4, -0.2) is 0 Å². The molecule has 0 amide bonds. The molecule has 1 rings (SSSR count). The van der Waals surface area contributed by atoms with E-state index in [0.717, 1.165) is 5.56 Å². The topological polar surface area (TPSA) is 23.8 Å². The van der Waals surface area contributed by atoms with E-state index in [2.05, 4.69) is 0 Å². The lowest BCUT2D eigenvalue weighted by Gasteiger charge is -1.99. The van der Waals surface area contributed by atoms with E-state index < -0.39 is 0 Å². The second-order valence-corrected chi connectivity index (χ2v) is 2.80. The minimum atomic E-state index is -0.347. The predicted molar refractivity (Wildman–Crippen MR) is 45.3 cm³/mol. The molecular weight excluding hydrogens is 177 g/mol. The molecule has 0 atom stereocenters. The van der Waals surface area contributed by atoms with Gasteiger partial charge in [0.2, 0.25) is 0 Å². The van der Waals surface area contributed by atoms with Gasteiger partial charge >= 0.3 is 0 Å². The fourth-order valence-corrected chi connectivity index (χ4v) is 1.18. The molecule has 1 aromatic rings. The fraction of sp³-hybridized carbons (Fsp3) is 0.222. The Labute approximate surface area is 75.4 Å². The van der Waals surface area contributed by atoms with Gasteiger partial charge in [-0.25, -0.2) is 4.39 Å². The van der Waals surface area contributed by atoms with E-state index in [0.29, 0.717) is 17.9 Å². The lowest BCUT2D eigenvalue weighted by molar-refractivity contribution is 0.627. The SMILES string of the molecule is N#CCCc1ccc(F)cc1Cl. The van der Waals surface area contributed by atoms with E-state index in [1.54, 1.807) is 6.07 Å². The van der Waals surface area contributed by atoms with Gasteiger partial charge in [0.1, 0.15) is 5.82 Å². The van der Waals surface area contributed by atoms with Crippen molar-refractivity contribution < 1.29 is 4.39 Å². The molecule has 0 heterocycles.